The number of hydrogen-bond acceptors (Lipinski definition) is 1. The zero-order valence-electron chi connectivity index (χ0n) is 13.5. The molecule has 1 aromatic heterocycles. The summed E-state index contributed by atoms with van der Waals surface area (Å²) >= 11 is 0. The normalized spacial score (nSPS) is 17.4. The lowest BCUT2D eigenvalue weighted by atomic mass is 9.85. The summed E-state index contributed by atoms with van der Waals surface area (Å²) in [4.78, 5) is 0. The molecule has 2 aliphatic rings. The quantitative estimate of drug-likeness (QED) is 0.376. The van der Waals surface area contributed by atoms with Crippen LogP contribution in [0.2, 0.25) is 0 Å². The zero-order valence-corrected chi connectivity index (χ0v) is 13.5. The number of nitriles is 1. The first-order valence-electron chi connectivity index (χ1n) is 8.29. The Hall–Kier alpha value is -3.33. The highest BCUT2D eigenvalue weighted by molar-refractivity contribution is 6.13. The molecular formula is C21H8F4N2. The first-order valence-corrected chi connectivity index (χ1v) is 8.29. The number of alkyl halides is 4. The van der Waals surface area contributed by atoms with Gasteiger partial charge in [0.1, 0.15) is 0 Å². The van der Waals surface area contributed by atoms with Crippen molar-refractivity contribution in [2.45, 2.75) is 11.8 Å². The minimum Gasteiger partial charge on any atom is -0.307 e. The van der Waals surface area contributed by atoms with E-state index in [1.807, 2.05) is 0 Å². The maximum absolute atomic E-state index is 15.4. The van der Waals surface area contributed by atoms with Gasteiger partial charge in [0.05, 0.1) is 50.6 Å². The molecule has 3 heterocycles. The van der Waals surface area contributed by atoms with E-state index in [4.69, 9.17) is 0 Å². The minimum absolute atomic E-state index is 0.207. The van der Waals surface area contributed by atoms with Crippen LogP contribution in [0.25, 0.3) is 27.5 Å². The number of rotatable bonds is 0. The van der Waals surface area contributed by atoms with Crippen LogP contribution in [0.4, 0.5) is 17.6 Å². The van der Waals surface area contributed by atoms with Crippen LogP contribution >= 0.6 is 0 Å². The summed E-state index contributed by atoms with van der Waals surface area (Å²) in [5, 5.41) is 10.3. The van der Waals surface area contributed by atoms with Crippen LogP contribution in [-0.2, 0) is 11.8 Å². The molecule has 130 valence electrons. The molecule has 0 spiro atoms. The number of hydrogen-bond donors (Lipinski definition) is 0. The molecule has 2 aliphatic heterocycles. The Balaban J connectivity index is 2.03. The highest BCUT2D eigenvalue weighted by atomic mass is 19.3. The third kappa shape index (κ3) is 1.42. The van der Waals surface area contributed by atoms with Gasteiger partial charge in [-0.1, -0.05) is 36.4 Å². The van der Waals surface area contributed by atoms with E-state index in [0.29, 0.717) is 10.8 Å². The second-order valence-corrected chi connectivity index (χ2v) is 6.92. The number of benzene rings is 3. The van der Waals surface area contributed by atoms with E-state index in [1.54, 1.807) is 18.2 Å². The van der Waals surface area contributed by atoms with Gasteiger partial charge < -0.3 is 4.57 Å². The van der Waals surface area contributed by atoms with Crippen LogP contribution in [0.1, 0.15) is 27.8 Å². The van der Waals surface area contributed by atoms with Crippen LogP contribution < -0.4 is 0 Å². The third-order valence-corrected chi connectivity index (χ3v) is 5.63. The van der Waals surface area contributed by atoms with Crippen molar-refractivity contribution in [3.8, 4) is 11.8 Å². The van der Waals surface area contributed by atoms with Crippen LogP contribution in [0, 0.1) is 11.3 Å². The van der Waals surface area contributed by atoms with Gasteiger partial charge in [0, 0.05) is 10.8 Å². The van der Waals surface area contributed by atoms with Crippen LogP contribution in [0.5, 0.6) is 0 Å². The standard InChI is InChI=1S/C21H8F4N2/c22-20(23)13-5-1-3-11-12-4-2-6-14-18(12)27(17(11)13)19-15(20)7-10(9-26)8-16(19)21(14,24)25/h1-8H. The Labute approximate surface area is 149 Å². The molecule has 0 saturated heterocycles. The predicted octanol–water partition coefficient (Wildman–Crippen LogP) is 5.56. The largest absolute Gasteiger partial charge is 0.307 e. The fraction of sp³-hybridized carbons (Fsp3) is 0.0952. The van der Waals surface area contributed by atoms with Gasteiger partial charge in [0.2, 0.25) is 0 Å². The van der Waals surface area contributed by atoms with Gasteiger partial charge >= 0.3 is 11.8 Å². The van der Waals surface area contributed by atoms with Gasteiger partial charge in [-0.3, -0.25) is 0 Å². The van der Waals surface area contributed by atoms with E-state index in [1.165, 1.54) is 28.8 Å². The summed E-state index contributed by atoms with van der Waals surface area (Å²) < 4.78 is 63.1. The second-order valence-electron chi connectivity index (χ2n) is 6.92. The van der Waals surface area contributed by atoms with Gasteiger partial charge in [-0.05, 0) is 12.1 Å². The summed E-state index contributed by atoms with van der Waals surface area (Å²) in [5.74, 6) is -6.96. The molecule has 0 radical (unpaired) electrons. The molecule has 0 atom stereocenters. The number of nitrogens with zero attached hydrogens (tertiary/aromatic N) is 2. The maximum atomic E-state index is 15.4. The molecule has 0 saturated carbocycles. The van der Waals surface area contributed by atoms with Gasteiger partial charge in [0.15, 0.2) is 0 Å². The molecule has 0 bridgehead atoms. The summed E-state index contributed by atoms with van der Waals surface area (Å²) in [6, 6.07) is 12.8. The molecule has 0 amide bonds. The Bertz CT molecular complexity index is 1290. The summed E-state index contributed by atoms with van der Waals surface area (Å²) in [6.45, 7) is 0. The van der Waals surface area contributed by atoms with Crippen molar-refractivity contribution in [3.05, 3.63) is 76.3 Å². The lowest BCUT2D eigenvalue weighted by Crippen LogP contribution is -2.31. The fourth-order valence-electron chi connectivity index (χ4n) is 4.55. The highest BCUT2D eigenvalue weighted by Gasteiger charge is 2.51. The second kappa shape index (κ2) is 4.15. The molecule has 27 heavy (non-hydrogen) atoms. The Morgan fingerprint density at radius 3 is 1.67 bits per heavy atom. The minimum atomic E-state index is -3.48. The van der Waals surface area contributed by atoms with E-state index in [9.17, 15) is 5.26 Å². The summed E-state index contributed by atoms with van der Waals surface area (Å²) in [7, 11) is 0. The molecule has 0 fully saturated rings. The number of fused-ring (bicyclic) bond motifs is 1. The lowest BCUT2D eigenvalue weighted by molar-refractivity contribution is 0.0334. The molecule has 2 nitrogen and oxygen atoms in total. The fourth-order valence-corrected chi connectivity index (χ4v) is 4.55. The molecule has 4 aromatic rings. The van der Waals surface area contributed by atoms with Crippen LogP contribution in [0.15, 0.2) is 48.5 Å². The molecule has 3 aromatic carbocycles. The van der Waals surface area contributed by atoms with Crippen LogP contribution in [0.3, 0.4) is 0 Å². The van der Waals surface area contributed by atoms with Crippen molar-refractivity contribution in [2.75, 3.05) is 0 Å². The highest BCUT2D eigenvalue weighted by Crippen LogP contribution is 2.57. The Morgan fingerprint density at radius 2 is 1.22 bits per heavy atom. The van der Waals surface area contributed by atoms with E-state index < -0.39 is 23.0 Å². The van der Waals surface area contributed by atoms with Crippen molar-refractivity contribution in [1.82, 2.24) is 4.57 Å². The molecule has 0 aliphatic carbocycles. The first kappa shape index (κ1) is 14.8. The van der Waals surface area contributed by atoms with E-state index in [-0.39, 0.29) is 33.4 Å². The molecule has 6 heteroatoms. The first-order chi connectivity index (χ1) is 12.9. The van der Waals surface area contributed by atoms with E-state index >= 15 is 17.6 Å². The SMILES string of the molecule is N#Cc1cc2c3c(c1)C(F)(F)c1cccc4c5cccc(c5n-3c14)C2(F)F. The molecule has 0 unspecified atom stereocenters. The van der Waals surface area contributed by atoms with Crippen molar-refractivity contribution in [3.63, 3.8) is 0 Å². The Morgan fingerprint density at radius 1 is 0.741 bits per heavy atom. The predicted molar refractivity (Wildman–Crippen MR) is 91.5 cm³/mol. The lowest BCUT2D eigenvalue weighted by Gasteiger charge is -2.35. The van der Waals surface area contributed by atoms with Crippen molar-refractivity contribution in [1.29, 1.82) is 5.26 Å². The average Bonchev–Trinajstić information content (AvgIpc) is 3.00. The Kier molecular flexibility index (Phi) is 2.27. The van der Waals surface area contributed by atoms with Crippen molar-refractivity contribution in [2.24, 2.45) is 0 Å². The van der Waals surface area contributed by atoms with Gasteiger partial charge in [-0.25, -0.2) is 0 Å². The zero-order chi connectivity index (χ0) is 18.7. The number of para-hydroxylation sites is 2. The number of halogens is 4. The summed E-state index contributed by atoms with van der Waals surface area (Å²) in [5.41, 5.74) is -1.49. The average molecular weight is 364 g/mol. The summed E-state index contributed by atoms with van der Waals surface area (Å²) in [6.07, 6.45) is 0. The monoisotopic (exact) mass is 364 g/mol. The van der Waals surface area contributed by atoms with E-state index in [2.05, 4.69) is 0 Å². The topological polar surface area (TPSA) is 28.7 Å². The van der Waals surface area contributed by atoms with Crippen molar-refractivity contribution >= 4 is 21.8 Å². The van der Waals surface area contributed by atoms with Crippen LogP contribution in [-0.4, -0.2) is 4.57 Å². The molecule has 6 rings (SSSR count). The maximum Gasteiger partial charge on any atom is 0.302 e. The van der Waals surface area contributed by atoms with Gasteiger partial charge in [-0.15, -0.1) is 0 Å². The van der Waals surface area contributed by atoms with E-state index in [0.717, 1.165) is 12.1 Å². The molecular weight excluding hydrogens is 356 g/mol. The smallest absolute Gasteiger partial charge is 0.302 e. The third-order valence-electron chi connectivity index (χ3n) is 5.63. The van der Waals surface area contributed by atoms with Crippen molar-refractivity contribution < 1.29 is 17.6 Å². The van der Waals surface area contributed by atoms with Gasteiger partial charge in [0.25, 0.3) is 0 Å². The molecule has 0 N–H and O–H groups in total. The number of aromatic nitrogens is 1. The van der Waals surface area contributed by atoms with Gasteiger partial charge in [-0.2, -0.15) is 22.8 Å².